The number of halogens is 1. The van der Waals surface area contributed by atoms with E-state index in [9.17, 15) is 4.39 Å². The van der Waals surface area contributed by atoms with Gasteiger partial charge in [-0.15, -0.1) is 0 Å². The van der Waals surface area contributed by atoms with Crippen LogP contribution in [0.2, 0.25) is 0 Å². The number of aromatic nitrogens is 1. The summed E-state index contributed by atoms with van der Waals surface area (Å²) in [6.45, 7) is 2.42. The van der Waals surface area contributed by atoms with Crippen molar-refractivity contribution in [3.63, 3.8) is 0 Å². The number of nitriles is 1. The van der Waals surface area contributed by atoms with E-state index >= 15 is 0 Å². The fraction of sp³-hybridized carbons (Fsp3) is 0.143. The number of nitrogens with one attached hydrogen (secondary N) is 1. The summed E-state index contributed by atoms with van der Waals surface area (Å²) in [5, 5.41) is 11.9. The highest BCUT2D eigenvalue weighted by molar-refractivity contribution is 5.66. The van der Waals surface area contributed by atoms with Crippen LogP contribution in [0.4, 0.5) is 15.8 Å². The first kappa shape index (κ1) is 12.8. The minimum absolute atomic E-state index is 0.0172. The molecule has 0 saturated carbocycles. The van der Waals surface area contributed by atoms with Crippen LogP contribution in [0.5, 0.6) is 5.88 Å². The molecule has 19 heavy (non-hydrogen) atoms. The molecule has 0 radical (unpaired) electrons. The zero-order valence-corrected chi connectivity index (χ0v) is 10.4. The number of hydrogen-bond donors (Lipinski definition) is 1. The molecule has 0 spiro atoms. The summed E-state index contributed by atoms with van der Waals surface area (Å²) in [4.78, 5) is 4.08. The molecule has 0 aliphatic heterocycles. The summed E-state index contributed by atoms with van der Waals surface area (Å²) in [7, 11) is 0. The van der Waals surface area contributed by atoms with Gasteiger partial charge in [0.2, 0.25) is 5.88 Å². The summed E-state index contributed by atoms with van der Waals surface area (Å²) >= 11 is 0. The second-order valence-electron chi connectivity index (χ2n) is 3.72. The Labute approximate surface area is 110 Å². The zero-order valence-electron chi connectivity index (χ0n) is 10.4. The Kier molecular flexibility index (Phi) is 3.94. The molecule has 4 nitrogen and oxygen atoms in total. The fourth-order valence-corrected chi connectivity index (χ4v) is 1.58. The smallest absolute Gasteiger partial charge is 0.213 e. The van der Waals surface area contributed by atoms with Crippen molar-refractivity contribution in [1.29, 1.82) is 5.26 Å². The first-order valence-corrected chi connectivity index (χ1v) is 5.79. The van der Waals surface area contributed by atoms with E-state index in [0.717, 1.165) is 0 Å². The highest BCUT2D eigenvalue weighted by Crippen LogP contribution is 2.22. The maximum absolute atomic E-state index is 13.4. The van der Waals surface area contributed by atoms with Crippen LogP contribution in [-0.2, 0) is 0 Å². The number of rotatable bonds is 4. The highest BCUT2D eigenvalue weighted by Gasteiger charge is 2.07. The molecule has 1 heterocycles. The number of pyridine rings is 1. The summed E-state index contributed by atoms with van der Waals surface area (Å²) in [5.74, 6) is -0.0285. The predicted molar refractivity (Wildman–Crippen MR) is 69.8 cm³/mol. The lowest BCUT2D eigenvalue weighted by Crippen LogP contribution is -1.98. The maximum Gasteiger partial charge on any atom is 0.213 e. The van der Waals surface area contributed by atoms with E-state index in [1.54, 1.807) is 30.5 Å². The largest absolute Gasteiger partial charge is 0.478 e. The van der Waals surface area contributed by atoms with E-state index in [4.69, 9.17) is 10.00 Å². The lowest BCUT2D eigenvalue weighted by molar-refractivity contribution is 0.327. The quantitative estimate of drug-likeness (QED) is 0.913. The molecule has 0 saturated heterocycles. The molecule has 0 unspecified atom stereocenters. The maximum atomic E-state index is 13.4. The molecular weight excluding hydrogens is 245 g/mol. The zero-order chi connectivity index (χ0) is 13.7. The van der Waals surface area contributed by atoms with E-state index in [1.165, 1.54) is 6.07 Å². The average Bonchev–Trinajstić information content (AvgIpc) is 2.42. The number of anilines is 2. The normalized spacial score (nSPS) is 9.74. The van der Waals surface area contributed by atoms with Gasteiger partial charge in [0.25, 0.3) is 0 Å². The van der Waals surface area contributed by atoms with Gasteiger partial charge in [0, 0.05) is 6.07 Å². The monoisotopic (exact) mass is 257 g/mol. The van der Waals surface area contributed by atoms with Gasteiger partial charge in [-0.25, -0.2) is 9.37 Å². The van der Waals surface area contributed by atoms with Crippen molar-refractivity contribution >= 4 is 11.4 Å². The third-order valence-corrected chi connectivity index (χ3v) is 2.43. The Hall–Kier alpha value is -2.61. The lowest BCUT2D eigenvalue weighted by Gasteiger charge is -2.09. The van der Waals surface area contributed by atoms with Gasteiger partial charge in [0.1, 0.15) is 17.4 Å². The van der Waals surface area contributed by atoms with Crippen LogP contribution in [-0.4, -0.2) is 11.6 Å². The molecule has 2 aromatic rings. The molecule has 1 aromatic carbocycles. The number of hydrogen-bond acceptors (Lipinski definition) is 4. The summed E-state index contributed by atoms with van der Waals surface area (Å²) < 4.78 is 18.6. The first-order valence-electron chi connectivity index (χ1n) is 5.79. The molecule has 0 fully saturated rings. The van der Waals surface area contributed by atoms with Crippen LogP contribution in [0.25, 0.3) is 0 Å². The van der Waals surface area contributed by atoms with E-state index < -0.39 is 5.82 Å². The Bertz CT molecular complexity index is 605. The molecule has 2 rings (SSSR count). The van der Waals surface area contributed by atoms with E-state index in [1.807, 2.05) is 13.0 Å². The number of ether oxygens (including phenoxy) is 1. The van der Waals surface area contributed by atoms with Crippen LogP contribution in [0.1, 0.15) is 12.5 Å². The third kappa shape index (κ3) is 2.99. The van der Waals surface area contributed by atoms with Gasteiger partial charge in [-0.1, -0.05) is 6.07 Å². The standard InChI is InChI=1S/C14H12FN3O/c1-2-19-14-7-6-10(9-17-14)18-13-5-3-4-12(15)11(13)8-16/h3-7,9,18H,2H2,1H3. The molecule has 0 bridgehead atoms. The molecule has 1 N–H and O–H groups in total. The van der Waals surface area contributed by atoms with Gasteiger partial charge >= 0.3 is 0 Å². The third-order valence-electron chi connectivity index (χ3n) is 2.43. The van der Waals surface area contributed by atoms with Gasteiger partial charge in [-0.3, -0.25) is 0 Å². The van der Waals surface area contributed by atoms with Gasteiger partial charge in [0.05, 0.1) is 24.2 Å². The van der Waals surface area contributed by atoms with Crippen molar-refractivity contribution in [2.75, 3.05) is 11.9 Å². The Morgan fingerprint density at radius 3 is 2.84 bits per heavy atom. The second kappa shape index (κ2) is 5.83. The Morgan fingerprint density at radius 1 is 1.37 bits per heavy atom. The van der Waals surface area contributed by atoms with Crippen molar-refractivity contribution in [2.24, 2.45) is 0 Å². The van der Waals surface area contributed by atoms with Crippen LogP contribution < -0.4 is 10.1 Å². The van der Waals surface area contributed by atoms with Crippen molar-refractivity contribution in [3.8, 4) is 11.9 Å². The summed E-state index contributed by atoms with van der Waals surface area (Å²) in [6, 6.07) is 9.72. The van der Waals surface area contributed by atoms with Gasteiger partial charge in [-0.05, 0) is 25.1 Å². The molecule has 1 aromatic heterocycles. The predicted octanol–water partition coefficient (Wildman–Crippen LogP) is 3.23. The van der Waals surface area contributed by atoms with Crippen molar-refractivity contribution in [2.45, 2.75) is 6.92 Å². The first-order chi connectivity index (χ1) is 9.24. The highest BCUT2D eigenvalue weighted by atomic mass is 19.1. The van der Waals surface area contributed by atoms with E-state index in [0.29, 0.717) is 23.9 Å². The summed E-state index contributed by atoms with van der Waals surface area (Å²) in [6.07, 6.45) is 1.57. The summed E-state index contributed by atoms with van der Waals surface area (Å²) in [5.41, 5.74) is 1.05. The molecule has 0 atom stereocenters. The van der Waals surface area contributed by atoms with Gasteiger partial charge in [0.15, 0.2) is 0 Å². The van der Waals surface area contributed by atoms with Gasteiger partial charge < -0.3 is 10.1 Å². The fourth-order valence-electron chi connectivity index (χ4n) is 1.58. The molecule has 0 aliphatic rings. The lowest BCUT2D eigenvalue weighted by atomic mass is 10.2. The van der Waals surface area contributed by atoms with Gasteiger partial charge in [-0.2, -0.15) is 5.26 Å². The van der Waals surface area contributed by atoms with E-state index in [-0.39, 0.29) is 5.56 Å². The van der Waals surface area contributed by atoms with Crippen molar-refractivity contribution in [3.05, 3.63) is 47.9 Å². The second-order valence-corrected chi connectivity index (χ2v) is 3.72. The molecular formula is C14H12FN3O. The van der Waals surface area contributed by atoms with Crippen LogP contribution in [0.15, 0.2) is 36.5 Å². The average molecular weight is 257 g/mol. The van der Waals surface area contributed by atoms with Crippen LogP contribution in [0.3, 0.4) is 0 Å². The molecule has 5 heteroatoms. The number of benzene rings is 1. The van der Waals surface area contributed by atoms with Crippen molar-refractivity contribution < 1.29 is 9.13 Å². The molecule has 0 amide bonds. The van der Waals surface area contributed by atoms with Crippen LogP contribution >= 0.6 is 0 Å². The van der Waals surface area contributed by atoms with Crippen LogP contribution in [0, 0.1) is 17.1 Å². The van der Waals surface area contributed by atoms with E-state index in [2.05, 4.69) is 10.3 Å². The Balaban J connectivity index is 2.22. The topological polar surface area (TPSA) is 57.9 Å². The minimum Gasteiger partial charge on any atom is -0.478 e. The molecule has 0 aliphatic carbocycles. The minimum atomic E-state index is -0.550. The SMILES string of the molecule is CCOc1ccc(Nc2cccc(F)c2C#N)cn1. The van der Waals surface area contributed by atoms with Crippen molar-refractivity contribution in [1.82, 2.24) is 4.98 Å². The molecule has 96 valence electrons. The number of nitrogens with zero attached hydrogens (tertiary/aromatic N) is 2. The Morgan fingerprint density at radius 2 is 2.21 bits per heavy atom.